The van der Waals surface area contributed by atoms with Crippen molar-refractivity contribution in [3.8, 4) is 5.75 Å². The Labute approximate surface area is 791 Å². The number of hydrogen-bond acceptors (Lipinski definition) is 59. The molecule has 8 aliphatic heterocycles. The molecule has 820 valence electrons. The van der Waals surface area contributed by atoms with Gasteiger partial charge in [0.25, 0.3) is 5.69 Å². The molecule has 78 nitrogen and oxygen atoms in total. The molecule has 88 heteroatoms. The Bertz CT molecular complexity index is 5840. The maximum atomic E-state index is 13.4. The summed E-state index contributed by atoms with van der Waals surface area (Å²) in [4.78, 5) is 62.8. The number of aliphatic carboxylic acids is 4. The summed E-state index contributed by atoms with van der Waals surface area (Å²) in [5.41, 5.74) is -0.554. The molecule has 29 N–H and O–H groups in total. The molecular weight excluding hydrogens is 2210 g/mol. The molecule has 9 rings (SSSR count). The molecule has 8 saturated heterocycles. The number of aliphatic hydroxyl groups excluding tert-OH is 11. The first-order valence-electron chi connectivity index (χ1n) is 37.7. The lowest BCUT2D eigenvalue weighted by atomic mass is 9.94. The second-order valence-corrected chi connectivity index (χ2v) is 41.2. The number of aliphatic hydroxyl groups is 11. The summed E-state index contributed by atoms with van der Waals surface area (Å²) in [6.07, 6.45) is -110. The van der Waals surface area contributed by atoms with Crippen molar-refractivity contribution in [2.45, 2.75) is 245 Å². The van der Waals surface area contributed by atoms with Gasteiger partial charge in [-0.3, -0.25) is 55.6 Å². The number of non-ortho nitro benzene ring substituents is 1. The predicted octanol–water partition coefficient (Wildman–Crippen LogP) is -19.5. The van der Waals surface area contributed by atoms with Gasteiger partial charge in [-0.05, 0) is 12.1 Å². The summed E-state index contributed by atoms with van der Waals surface area (Å²) in [6.45, 7) is -7.60. The van der Waals surface area contributed by atoms with Gasteiger partial charge in [-0.25, -0.2) is 44.3 Å². The van der Waals surface area contributed by atoms with Crippen LogP contribution in [0, 0.1) is 10.1 Å². The van der Waals surface area contributed by atoms with E-state index in [2.05, 4.69) is 25.1 Å². The van der Waals surface area contributed by atoms with E-state index in [0.29, 0.717) is 0 Å². The Morgan fingerprint density at radius 1 is 0.282 bits per heavy atom. The van der Waals surface area contributed by atoms with Gasteiger partial charge in [0.1, 0.15) is 164 Å². The minimum atomic E-state index is -6.47. The molecule has 0 aromatic heterocycles. The van der Waals surface area contributed by atoms with Crippen LogP contribution in [0.3, 0.4) is 0 Å². The monoisotopic (exact) mass is 2290 g/mol. The summed E-state index contributed by atoms with van der Waals surface area (Å²) >= 11 is 0. The second kappa shape index (κ2) is 46.2. The smallest absolute Gasteiger partial charge is 0.397 e. The molecule has 0 aliphatic carbocycles. The van der Waals surface area contributed by atoms with E-state index in [1.807, 2.05) is 0 Å². The lowest BCUT2D eigenvalue weighted by molar-refractivity contribution is -0.384. The van der Waals surface area contributed by atoms with Crippen molar-refractivity contribution in [2.75, 3.05) is 26.4 Å². The molecular formula is C54H81N5O73S10. The Morgan fingerprint density at radius 3 is 0.789 bits per heavy atom. The lowest BCUT2D eigenvalue weighted by Gasteiger charge is -2.50. The van der Waals surface area contributed by atoms with E-state index in [4.69, 9.17) is 80.3 Å². The number of nitro groups is 1. The fraction of sp³-hybridized carbons (Fsp3) is 0.815. The minimum Gasteiger partial charge on any atom is -0.479 e. The number of nitrogens with zero attached hydrogens (tertiary/aromatic N) is 1. The van der Waals surface area contributed by atoms with Gasteiger partial charge >= 0.3 is 127 Å². The largest absolute Gasteiger partial charge is 0.479 e. The van der Waals surface area contributed by atoms with Gasteiger partial charge in [0.15, 0.2) is 80.7 Å². The van der Waals surface area contributed by atoms with Gasteiger partial charge in [0.05, 0.1) is 31.4 Å². The number of nitrogens with one attached hydrogen (secondary N) is 4. The highest BCUT2D eigenvalue weighted by molar-refractivity contribution is 7.85. The molecule has 0 amide bonds. The minimum absolute atomic E-state index is 0.440. The van der Waals surface area contributed by atoms with Crippen molar-refractivity contribution in [3.63, 3.8) is 0 Å². The van der Waals surface area contributed by atoms with Gasteiger partial charge in [0, 0.05) is 12.1 Å². The second-order valence-electron chi connectivity index (χ2n) is 30.0. The van der Waals surface area contributed by atoms with Crippen LogP contribution in [0.1, 0.15) is 0 Å². The highest BCUT2D eigenvalue weighted by Crippen LogP contribution is 2.42. The maximum Gasteiger partial charge on any atom is 0.397 e. The van der Waals surface area contributed by atoms with E-state index in [-0.39, 0.29) is 0 Å². The van der Waals surface area contributed by atoms with Crippen LogP contribution in [0.25, 0.3) is 0 Å². The van der Waals surface area contributed by atoms with Crippen LogP contribution in [-0.4, -0.2) is 507 Å². The molecule has 0 unspecified atom stereocenters. The number of rotatable bonds is 45. The molecule has 1 aromatic carbocycles. The fourth-order valence-corrected chi connectivity index (χ4v) is 19.1. The van der Waals surface area contributed by atoms with Crippen molar-refractivity contribution in [1.82, 2.24) is 18.9 Å². The van der Waals surface area contributed by atoms with E-state index in [0.717, 1.165) is 33.7 Å². The van der Waals surface area contributed by atoms with Crippen molar-refractivity contribution in [2.24, 2.45) is 0 Å². The van der Waals surface area contributed by atoms with Crippen molar-refractivity contribution < 1.29 is 331 Å². The third kappa shape index (κ3) is 32.5. The molecule has 8 heterocycles. The number of benzene rings is 1. The van der Waals surface area contributed by atoms with E-state index < -0.39 is 416 Å². The quantitative estimate of drug-likeness (QED) is 0.0164. The van der Waals surface area contributed by atoms with Gasteiger partial charge in [-0.1, -0.05) is 0 Å². The summed E-state index contributed by atoms with van der Waals surface area (Å²) < 4.78 is 462. The third-order valence-corrected chi connectivity index (χ3v) is 25.2. The molecule has 0 radical (unpaired) electrons. The first-order chi connectivity index (χ1) is 64.8. The molecule has 8 fully saturated rings. The average Bonchev–Trinajstić information content (AvgIpc) is 0.753. The van der Waals surface area contributed by atoms with Gasteiger partial charge in [-0.15, -0.1) is 0 Å². The first-order valence-corrected chi connectivity index (χ1v) is 51.6. The number of carboxylic acid groups (broad SMARTS) is 4. The first kappa shape index (κ1) is 119. The van der Waals surface area contributed by atoms with E-state index in [1.54, 1.807) is 0 Å². The number of carbonyl (C=O) groups is 4. The Morgan fingerprint density at radius 2 is 0.521 bits per heavy atom. The van der Waals surface area contributed by atoms with Gasteiger partial charge in [-0.2, -0.15) is 103 Å². The molecule has 0 bridgehead atoms. The molecule has 0 saturated carbocycles. The van der Waals surface area contributed by atoms with Crippen LogP contribution >= 0.6 is 0 Å². The Balaban J connectivity index is 1.02. The van der Waals surface area contributed by atoms with Crippen molar-refractivity contribution in [3.05, 3.63) is 34.4 Å². The highest BCUT2D eigenvalue weighted by Gasteiger charge is 2.65. The standard InChI is InChI=1S/C54H81N5O73S10/c60-19-11(5-111-137(93,94)95)116-47(15(20(19)61)55-133(81,82)83)123-34-25(66)27(68)52(128-40(34)44(73)74)120-30-12(6-112-138(96,97)98)117-49(16(21(30)62)56-134(84,85)86)125-35-28(69)37(131-141(105,106)107)54(129-41(35)45(75)76)122-32-14(8-114-140(102,103)104)119-50(18(23(32)64)58-136(90,91)92)126-36-29(70)38(132-142(108,109)110)53(130-42(36)46(77)78)121-31-13(7-113-139(99,100)101)118-48(17(22(31)63)57-135(87,88)89)124-33-24(65)26(67)51(127-39(33)43(71)72)115-10-3-1-9(2-4-10)59(79)80/h1-4,11-42,47-58,60-70H,5-8H2,(H,71,72)(H,73,74)(H,75,76)(H,77,78)(H,81,82,83)(H,84,85,86)(H,87,88,89)(H,90,91,92)(H,93,94,95)(H,96,97,98)(H,99,100,101)(H,102,103,104)(H,105,106,107)(H,108,109,110)/t11-,12-,13-,14-,15-,16-,17-,18-,19-,20-,21-,22-,23-,24-,25-,26-,27-,28+,29+,30-,31-,32-,33+,34+,35+,36+,37-,38-,39+,40+,41-,42-,47-,48-,49-,50-,51-,52-,53-,54-/m1/s1. The Hall–Kier alpha value is -6.04. The molecule has 142 heavy (non-hydrogen) atoms. The Kier molecular flexibility index (Phi) is 38.9. The van der Waals surface area contributed by atoms with E-state index in [1.165, 1.54) is 9.44 Å². The summed E-state index contributed by atoms with van der Waals surface area (Å²) in [6, 6.07) is -8.67. The zero-order chi connectivity index (χ0) is 107. The van der Waals surface area contributed by atoms with Gasteiger partial charge in [0.2, 0.25) is 6.29 Å². The van der Waals surface area contributed by atoms with Crippen LogP contribution in [0.4, 0.5) is 5.69 Å². The molecule has 1 aromatic rings. The zero-order valence-corrected chi connectivity index (χ0v) is 76.7. The highest BCUT2D eigenvalue weighted by atomic mass is 32.3. The van der Waals surface area contributed by atoms with Crippen molar-refractivity contribution >= 4 is 133 Å². The molecule has 8 aliphatic rings. The predicted molar refractivity (Wildman–Crippen MR) is 410 cm³/mol. The number of ether oxygens (including phenoxy) is 16. The maximum absolute atomic E-state index is 13.4. The van der Waals surface area contributed by atoms with Crippen LogP contribution in [0.2, 0.25) is 0 Å². The summed E-state index contributed by atoms with van der Waals surface area (Å²) in [5, 5.41) is 181. The number of nitro benzene ring substituents is 1. The topological polar surface area (TPSA) is 1210 Å². The summed E-state index contributed by atoms with van der Waals surface area (Å²) in [7, 11) is -60.4. The van der Waals surface area contributed by atoms with Crippen LogP contribution in [0.5, 0.6) is 5.75 Å². The molecule has 40 atom stereocenters. The number of carboxylic acids is 4. The van der Waals surface area contributed by atoms with E-state index in [9.17, 15) is 231 Å². The third-order valence-electron chi connectivity index (χ3n) is 20.3. The van der Waals surface area contributed by atoms with Gasteiger partial charge < -0.3 is 152 Å². The molecule has 0 spiro atoms. The fourth-order valence-electron chi connectivity index (χ4n) is 14.5. The van der Waals surface area contributed by atoms with E-state index >= 15 is 0 Å². The number of hydrogen-bond donors (Lipinski definition) is 29. The van der Waals surface area contributed by atoms with Crippen LogP contribution in [0.15, 0.2) is 24.3 Å². The lowest BCUT2D eigenvalue weighted by Crippen LogP contribution is -2.71. The van der Waals surface area contributed by atoms with Crippen LogP contribution < -0.4 is 23.6 Å². The summed E-state index contributed by atoms with van der Waals surface area (Å²) in [5.74, 6) is -10.4. The van der Waals surface area contributed by atoms with Crippen LogP contribution in [-0.2, 0) is 219 Å². The zero-order valence-electron chi connectivity index (χ0n) is 68.5. The SMILES string of the molecule is O=C(O)[C@H]1O[C@@H](Oc2ccc([N+](=O)[O-])cc2)[C@H](O)[C@@H](O)[C@@H]1O[C@H]1O[C@H](COS(=O)(=O)O)[C@@H](O[C@@H]2O[C@@H](C(=O)O)[C@@H](O[C@H]3O[C@H](COS(=O)(=O)O)[C@@H](O[C@@H]4O[C@@H](C(=O)O)[C@@H](O[C@H]5O[C@H](COS(=O)(=O)O)[C@@H](O[C@@H]6O[C@H](C(=O)O)[C@@H](O[C@H]7O[C@H](COS(=O)(=O)O)[C@@H](O)[C@H](O)[C@H]7NS(=O)(=O)O)[C@H](O)[C@H]6O)[C@H](O)[C@H]5NS(=O)(=O)O)[C@H](O)[C@H]4OS(=O)(=O)O)[C@H](O)[C@H]3NS(=O)(=O)O)[C@H](O)[C@H]2OS(=O)(=O)O)[C@H](O)[C@H]1NS(=O)(=O)O. The normalized spacial score (nSPS) is 39.0. The van der Waals surface area contributed by atoms with Crippen molar-refractivity contribution in [1.29, 1.82) is 0 Å². The average molecular weight is 2290 g/mol.